The number of sulfone groups is 1. The summed E-state index contributed by atoms with van der Waals surface area (Å²) in [5, 5.41) is 9.98. The Morgan fingerprint density at radius 3 is 2.55 bits per heavy atom. The lowest BCUT2D eigenvalue weighted by molar-refractivity contribution is -0.117. The Hall–Kier alpha value is -1.11. The second kappa shape index (κ2) is 5.71. The average Bonchev–Trinajstić information content (AvgIpc) is 2.65. The Bertz CT molecular complexity index is 617. The minimum Gasteiger partial charge on any atom is -0.390 e. The average molecular weight is 318 g/mol. The Morgan fingerprint density at radius 1 is 1.40 bits per heavy atom. The van der Waals surface area contributed by atoms with Crippen molar-refractivity contribution >= 4 is 33.0 Å². The third kappa shape index (κ3) is 2.97. The molecule has 1 aromatic rings. The van der Waals surface area contributed by atoms with Crippen molar-refractivity contribution in [2.24, 2.45) is 0 Å². The van der Waals surface area contributed by atoms with Gasteiger partial charge in [0.1, 0.15) is 5.88 Å². The number of benzene rings is 1. The van der Waals surface area contributed by atoms with E-state index in [9.17, 15) is 18.3 Å². The molecule has 0 radical (unpaired) electrons. The topological polar surface area (TPSA) is 74.7 Å². The van der Waals surface area contributed by atoms with Gasteiger partial charge < -0.3 is 10.0 Å². The van der Waals surface area contributed by atoms with Crippen molar-refractivity contribution < 1.29 is 18.3 Å². The van der Waals surface area contributed by atoms with Crippen LogP contribution >= 0.6 is 11.6 Å². The predicted molar refractivity (Wildman–Crippen MR) is 77.8 cm³/mol. The molecule has 7 heteroatoms. The van der Waals surface area contributed by atoms with Gasteiger partial charge in [-0.2, -0.15) is 0 Å². The highest BCUT2D eigenvalue weighted by atomic mass is 35.5. The maximum Gasteiger partial charge on any atom is 0.242 e. The molecule has 110 valence electrons. The van der Waals surface area contributed by atoms with Crippen molar-refractivity contribution in [3.05, 3.63) is 29.8 Å². The number of aliphatic hydroxyl groups is 1. The van der Waals surface area contributed by atoms with E-state index in [4.69, 9.17) is 11.6 Å². The molecule has 1 aliphatic heterocycles. The zero-order valence-corrected chi connectivity index (χ0v) is 12.6. The Kier molecular flexibility index (Phi) is 4.36. The first-order valence-electron chi connectivity index (χ1n) is 6.18. The van der Waals surface area contributed by atoms with Gasteiger partial charge in [-0.15, -0.1) is 11.6 Å². The zero-order chi connectivity index (χ0) is 14.9. The molecule has 1 amide bonds. The van der Waals surface area contributed by atoms with Gasteiger partial charge in [-0.25, -0.2) is 8.42 Å². The van der Waals surface area contributed by atoms with E-state index in [1.54, 1.807) is 12.1 Å². The SMILES string of the molecule is Cc1ccccc1N(C(=O)CCl)[C@H]1CS(=O)(=O)C[C@H]1O. The molecule has 0 bridgehead atoms. The summed E-state index contributed by atoms with van der Waals surface area (Å²) in [7, 11) is -3.34. The summed E-state index contributed by atoms with van der Waals surface area (Å²) < 4.78 is 23.3. The van der Waals surface area contributed by atoms with Gasteiger partial charge >= 0.3 is 0 Å². The van der Waals surface area contributed by atoms with E-state index in [0.29, 0.717) is 5.69 Å². The molecule has 0 spiro atoms. The number of amides is 1. The molecular formula is C13H16ClNO4S. The van der Waals surface area contributed by atoms with Gasteiger partial charge in [-0.3, -0.25) is 4.79 Å². The zero-order valence-electron chi connectivity index (χ0n) is 11.0. The largest absolute Gasteiger partial charge is 0.390 e. The fraction of sp³-hybridized carbons (Fsp3) is 0.462. The van der Waals surface area contributed by atoms with E-state index < -0.39 is 27.9 Å². The minimum atomic E-state index is -3.34. The molecule has 0 aliphatic carbocycles. The van der Waals surface area contributed by atoms with Crippen molar-refractivity contribution in [3.63, 3.8) is 0 Å². The van der Waals surface area contributed by atoms with Crippen molar-refractivity contribution in [2.45, 2.75) is 19.1 Å². The molecule has 2 atom stereocenters. The Labute approximate surface area is 123 Å². The van der Waals surface area contributed by atoms with Gasteiger partial charge in [0.2, 0.25) is 5.91 Å². The highest BCUT2D eigenvalue weighted by Crippen LogP contribution is 2.27. The van der Waals surface area contributed by atoms with Crippen LogP contribution in [0.3, 0.4) is 0 Å². The molecule has 5 nitrogen and oxygen atoms in total. The molecule has 0 saturated carbocycles. The maximum atomic E-state index is 12.1. The summed E-state index contributed by atoms with van der Waals surface area (Å²) in [6.45, 7) is 1.82. The first kappa shape index (κ1) is 15.3. The molecular weight excluding hydrogens is 302 g/mol. The van der Waals surface area contributed by atoms with Crippen LogP contribution in [0, 0.1) is 6.92 Å². The predicted octanol–water partition coefficient (Wildman–Crippen LogP) is 0.725. The molecule has 1 heterocycles. The van der Waals surface area contributed by atoms with E-state index in [1.165, 1.54) is 4.90 Å². The first-order valence-corrected chi connectivity index (χ1v) is 8.53. The number of halogens is 1. The van der Waals surface area contributed by atoms with Crippen LogP contribution in [0.1, 0.15) is 5.56 Å². The molecule has 2 rings (SSSR count). The number of anilines is 1. The van der Waals surface area contributed by atoms with Crippen molar-refractivity contribution in [1.29, 1.82) is 0 Å². The van der Waals surface area contributed by atoms with Crippen LogP contribution in [0.5, 0.6) is 0 Å². The number of aliphatic hydroxyl groups excluding tert-OH is 1. The molecule has 1 saturated heterocycles. The normalized spacial score (nSPS) is 24.6. The van der Waals surface area contributed by atoms with E-state index in [-0.39, 0.29) is 17.4 Å². The van der Waals surface area contributed by atoms with Gasteiger partial charge in [0.05, 0.1) is 23.7 Å². The quantitative estimate of drug-likeness (QED) is 0.834. The number of carbonyl (C=O) groups excluding carboxylic acids is 1. The lowest BCUT2D eigenvalue weighted by Crippen LogP contribution is -2.48. The highest BCUT2D eigenvalue weighted by Gasteiger charge is 2.42. The number of aryl methyl sites for hydroxylation is 1. The van der Waals surface area contributed by atoms with Crippen LogP contribution in [0.4, 0.5) is 5.69 Å². The van der Waals surface area contributed by atoms with Gasteiger partial charge in [-0.05, 0) is 18.6 Å². The van der Waals surface area contributed by atoms with Crippen molar-refractivity contribution in [2.75, 3.05) is 22.3 Å². The summed E-state index contributed by atoms with van der Waals surface area (Å²) in [4.78, 5) is 13.4. The lowest BCUT2D eigenvalue weighted by Gasteiger charge is -2.31. The summed E-state index contributed by atoms with van der Waals surface area (Å²) in [6.07, 6.45) is -1.09. The number of hydrogen-bond donors (Lipinski definition) is 1. The summed E-state index contributed by atoms with van der Waals surface area (Å²) in [6, 6.07) is 6.33. The summed E-state index contributed by atoms with van der Waals surface area (Å²) >= 11 is 5.62. The molecule has 1 aromatic carbocycles. The van der Waals surface area contributed by atoms with Gasteiger partial charge in [0.25, 0.3) is 0 Å². The van der Waals surface area contributed by atoms with Crippen molar-refractivity contribution in [1.82, 2.24) is 0 Å². The number of hydrogen-bond acceptors (Lipinski definition) is 4. The van der Waals surface area contributed by atoms with Crippen LogP contribution in [-0.4, -0.2) is 49.0 Å². The van der Waals surface area contributed by atoms with Gasteiger partial charge in [0, 0.05) is 5.69 Å². The number of rotatable bonds is 3. The number of para-hydroxylation sites is 1. The van der Waals surface area contributed by atoms with Crippen LogP contribution in [0.2, 0.25) is 0 Å². The smallest absolute Gasteiger partial charge is 0.242 e. The van der Waals surface area contributed by atoms with Crippen molar-refractivity contribution in [3.8, 4) is 0 Å². The van der Waals surface area contributed by atoms with E-state index in [2.05, 4.69) is 0 Å². The first-order chi connectivity index (χ1) is 9.35. The van der Waals surface area contributed by atoms with Crippen LogP contribution in [0.25, 0.3) is 0 Å². The highest BCUT2D eigenvalue weighted by molar-refractivity contribution is 7.91. The van der Waals surface area contributed by atoms with E-state index >= 15 is 0 Å². The molecule has 0 unspecified atom stereocenters. The molecule has 1 aliphatic rings. The Balaban J connectivity index is 2.45. The molecule has 1 N–H and O–H groups in total. The van der Waals surface area contributed by atoms with Gasteiger partial charge in [0.15, 0.2) is 9.84 Å². The minimum absolute atomic E-state index is 0.245. The fourth-order valence-corrected chi connectivity index (χ4v) is 4.35. The van der Waals surface area contributed by atoms with Crippen LogP contribution < -0.4 is 4.90 Å². The summed E-state index contributed by atoms with van der Waals surface area (Å²) in [5.74, 6) is -1.25. The van der Waals surface area contributed by atoms with Gasteiger partial charge in [-0.1, -0.05) is 18.2 Å². The third-order valence-corrected chi connectivity index (χ3v) is 5.31. The summed E-state index contributed by atoms with van der Waals surface area (Å²) in [5.41, 5.74) is 1.40. The number of carbonyl (C=O) groups is 1. The second-order valence-corrected chi connectivity index (χ2v) is 7.32. The van der Waals surface area contributed by atoms with Crippen LogP contribution in [0.15, 0.2) is 24.3 Å². The standard InChI is InChI=1S/C13H16ClNO4S/c1-9-4-2-3-5-10(9)15(13(17)6-14)11-7-20(18,19)8-12(11)16/h2-5,11-12,16H,6-8H2,1H3/t11-,12+/m0/s1. The maximum absolute atomic E-state index is 12.1. The molecule has 20 heavy (non-hydrogen) atoms. The third-order valence-electron chi connectivity index (χ3n) is 3.38. The number of alkyl halides is 1. The molecule has 1 fully saturated rings. The van der Waals surface area contributed by atoms with E-state index in [0.717, 1.165) is 5.56 Å². The molecule has 0 aromatic heterocycles. The Morgan fingerprint density at radius 2 is 2.05 bits per heavy atom. The monoisotopic (exact) mass is 317 g/mol. The lowest BCUT2D eigenvalue weighted by atomic mass is 10.1. The fourth-order valence-electron chi connectivity index (χ4n) is 2.45. The van der Waals surface area contributed by atoms with E-state index in [1.807, 2.05) is 19.1 Å². The number of nitrogens with zero attached hydrogens (tertiary/aromatic N) is 1. The van der Waals surface area contributed by atoms with Crippen LogP contribution in [-0.2, 0) is 14.6 Å². The second-order valence-electron chi connectivity index (χ2n) is 4.90.